The van der Waals surface area contributed by atoms with Gasteiger partial charge in [-0.1, -0.05) is 203 Å². The molecule has 0 N–H and O–H groups in total. The van der Waals surface area contributed by atoms with Crippen LogP contribution < -0.4 is 14.5 Å². The standard InChI is InChI=1S/C70H68N4O/c1-67(2,3)54-35-36-71-66(43-54)74-63-34-31-50(48-23-15-11-16-24-48)39-62(63)61-33-32-59(45-64(61)74)75-60-38-51(49-25-17-12-18-26-49)37-58(44-60)73-47-72(46-65(73)68(4,5)6)57-41-55(69(7,8)52-27-19-13-20-28-52)40-56(42-57)70(9,10)53-29-21-14-22-30-53/h11-46H,47H2,1-10H3. The molecule has 75 heavy (non-hydrogen) atoms. The molecule has 3 heterocycles. The van der Waals surface area contributed by atoms with Crippen LogP contribution in [0.3, 0.4) is 0 Å². The third-order valence-electron chi connectivity index (χ3n) is 15.5. The molecule has 0 unspecified atom stereocenters. The second-order valence-corrected chi connectivity index (χ2v) is 23.5. The maximum atomic E-state index is 7.14. The molecule has 11 rings (SSSR count). The lowest BCUT2D eigenvalue weighted by Crippen LogP contribution is -2.31. The van der Waals surface area contributed by atoms with Crippen molar-refractivity contribution in [2.45, 2.75) is 85.5 Å². The van der Waals surface area contributed by atoms with Crippen LogP contribution in [0.15, 0.2) is 224 Å². The van der Waals surface area contributed by atoms with Crippen molar-refractivity contribution < 1.29 is 4.74 Å². The number of allylic oxidation sites excluding steroid dienone is 1. The summed E-state index contributed by atoms with van der Waals surface area (Å²) in [5, 5.41) is 2.31. The van der Waals surface area contributed by atoms with Crippen molar-refractivity contribution in [3.05, 3.63) is 252 Å². The molecular weight excluding hydrogens is 913 g/mol. The Morgan fingerprint density at radius 3 is 1.57 bits per heavy atom. The Morgan fingerprint density at radius 2 is 0.987 bits per heavy atom. The van der Waals surface area contributed by atoms with Crippen LogP contribution in [0.1, 0.15) is 97.1 Å². The highest BCUT2D eigenvalue weighted by Gasteiger charge is 2.35. The van der Waals surface area contributed by atoms with E-state index in [9.17, 15) is 0 Å². The first kappa shape index (κ1) is 49.1. The average Bonchev–Trinajstić information content (AvgIpc) is 4.04. The van der Waals surface area contributed by atoms with Gasteiger partial charge in [-0.25, -0.2) is 4.98 Å². The lowest BCUT2D eigenvalue weighted by molar-refractivity contribution is 0.481. The minimum Gasteiger partial charge on any atom is -0.457 e. The van der Waals surface area contributed by atoms with Crippen molar-refractivity contribution in [1.82, 2.24) is 9.55 Å². The Balaban J connectivity index is 1.02. The topological polar surface area (TPSA) is 33.5 Å². The zero-order valence-electron chi connectivity index (χ0n) is 45.2. The van der Waals surface area contributed by atoms with Crippen LogP contribution in [-0.4, -0.2) is 16.2 Å². The first-order chi connectivity index (χ1) is 35.9. The predicted molar refractivity (Wildman–Crippen MR) is 316 cm³/mol. The third-order valence-corrected chi connectivity index (χ3v) is 15.5. The SMILES string of the molecule is CC(C)(C)C1=CN(c2cc(C(C)(C)c3ccccc3)cc(C(C)(C)c3ccccc3)c2)CN1c1cc(Oc2ccc3c4cc(-c5ccccc5)ccc4n(-c4cc(C(C)(C)C)ccn4)c3c2)cc(-c2ccccc2)c1. The smallest absolute Gasteiger partial charge is 0.137 e. The van der Waals surface area contributed by atoms with Gasteiger partial charge in [-0.3, -0.25) is 4.57 Å². The van der Waals surface area contributed by atoms with Gasteiger partial charge in [0.15, 0.2) is 0 Å². The number of pyridine rings is 1. The summed E-state index contributed by atoms with van der Waals surface area (Å²) < 4.78 is 9.44. The minimum atomic E-state index is -0.250. The molecule has 0 saturated carbocycles. The number of hydrogen-bond donors (Lipinski definition) is 0. The van der Waals surface area contributed by atoms with Crippen LogP contribution in [0, 0.1) is 5.41 Å². The lowest BCUT2D eigenvalue weighted by atomic mass is 9.73. The van der Waals surface area contributed by atoms with Gasteiger partial charge >= 0.3 is 0 Å². The fourth-order valence-corrected chi connectivity index (χ4v) is 10.9. The van der Waals surface area contributed by atoms with Crippen molar-refractivity contribution in [2.24, 2.45) is 5.41 Å². The molecule has 0 fully saturated rings. The van der Waals surface area contributed by atoms with E-state index in [1.54, 1.807) is 0 Å². The fraction of sp³-hybridized carbons (Fsp3) is 0.214. The van der Waals surface area contributed by atoms with Crippen LogP contribution in [0.5, 0.6) is 11.5 Å². The number of fused-ring (bicyclic) bond motifs is 3. The number of benzene rings is 8. The normalized spacial score (nSPS) is 13.4. The number of rotatable bonds is 11. The van der Waals surface area contributed by atoms with Gasteiger partial charge in [0.05, 0.1) is 17.7 Å². The number of anilines is 2. The largest absolute Gasteiger partial charge is 0.457 e. The van der Waals surface area contributed by atoms with E-state index in [1.807, 2.05) is 6.20 Å². The molecule has 0 saturated heterocycles. The quantitative estimate of drug-likeness (QED) is 0.129. The van der Waals surface area contributed by atoms with Crippen molar-refractivity contribution in [3.8, 4) is 39.6 Å². The lowest BCUT2D eigenvalue weighted by Gasteiger charge is -2.33. The summed E-state index contributed by atoms with van der Waals surface area (Å²) in [5.41, 5.74) is 15.8. The summed E-state index contributed by atoms with van der Waals surface area (Å²) in [4.78, 5) is 9.94. The van der Waals surface area contributed by atoms with Crippen molar-refractivity contribution in [2.75, 3.05) is 16.5 Å². The van der Waals surface area contributed by atoms with Crippen LogP contribution in [-0.2, 0) is 16.2 Å². The van der Waals surface area contributed by atoms with Crippen LogP contribution in [0.2, 0.25) is 0 Å². The van der Waals surface area contributed by atoms with Gasteiger partial charge in [-0.2, -0.15) is 0 Å². The third kappa shape index (κ3) is 9.53. The zero-order chi connectivity index (χ0) is 52.3. The van der Waals surface area contributed by atoms with E-state index < -0.39 is 0 Å². The molecule has 1 aliphatic rings. The number of aromatic nitrogens is 2. The molecular formula is C70H68N4O. The molecule has 0 spiro atoms. The second kappa shape index (κ2) is 19.0. The molecule has 0 aliphatic carbocycles. The Morgan fingerprint density at radius 1 is 0.400 bits per heavy atom. The summed E-state index contributed by atoms with van der Waals surface area (Å²) >= 11 is 0. The summed E-state index contributed by atoms with van der Waals surface area (Å²) in [6.07, 6.45) is 4.32. The summed E-state index contributed by atoms with van der Waals surface area (Å²) in [6.45, 7) is 23.7. The van der Waals surface area contributed by atoms with Crippen molar-refractivity contribution in [3.63, 3.8) is 0 Å². The van der Waals surface area contributed by atoms with Crippen molar-refractivity contribution in [1.29, 1.82) is 0 Å². The molecule has 374 valence electrons. The number of hydrogen-bond acceptors (Lipinski definition) is 4. The maximum absolute atomic E-state index is 7.14. The Labute approximate surface area is 444 Å². The van der Waals surface area contributed by atoms with Crippen LogP contribution in [0.4, 0.5) is 11.4 Å². The molecule has 1 aliphatic heterocycles. The molecule has 8 aromatic carbocycles. The Hall–Kier alpha value is -8.15. The molecule has 5 heteroatoms. The molecule has 2 aromatic heterocycles. The van der Waals surface area contributed by atoms with Gasteiger partial charge < -0.3 is 14.5 Å². The van der Waals surface area contributed by atoms with E-state index in [1.165, 1.54) is 50.0 Å². The van der Waals surface area contributed by atoms with Gasteiger partial charge in [-0.15, -0.1) is 0 Å². The minimum absolute atomic E-state index is 0.0490. The second-order valence-electron chi connectivity index (χ2n) is 23.5. The van der Waals surface area contributed by atoms with Crippen molar-refractivity contribution >= 4 is 33.2 Å². The van der Waals surface area contributed by atoms with E-state index in [0.29, 0.717) is 6.67 Å². The van der Waals surface area contributed by atoms with E-state index in [2.05, 4.69) is 296 Å². The molecule has 0 bridgehead atoms. The highest BCUT2D eigenvalue weighted by Crippen LogP contribution is 2.45. The fourth-order valence-electron chi connectivity index (χ4n) is 10.9. The summed E-state index contributed by atoms with van der Waals surface area (Å²) in [5.74, 6) is 2.39. The van der Waals surface area contributed by atoms with Gasteiger partial charge in [-0.05, 0) is 116 Å². The molecule has 0 atom stereocenters. The number of ether oxygens (including phenoxy) is 1. The monoisotopic (exact) mass is 981 g/mol. The zero-order valence-corrected chi connectivity index (χ0v) is 45.2. The average molecular weight is 981 g/mol. The summed E-state index contributed by atoms with van der Waals surface area (Å²) in [7, 11) is 0. The predicted octanol–water partition coefficient (Wildman–Crippen LogP) is 18.4. The van der Waals surface area contributed by atoms with E-state index >= 15 is 0 Å². The highest BCUT2D eigenvalue weighted by atomic mass is 16.5. The molecule has 5 nitrogen and oxygen atoms in total. The molecule has 0 amide bonds. The molecule has 10 aromatic rings. The van der Waals surface area contributed by atoms with Crippen LogP contribution in [0.25, 0.3) is 49.9 Å². The Kier molecular flexibility index (Phi) is 12.4. The van der Waals surface area contributed by atoms with E-state index in [-0.39, 0.29) is 21.7 Å². The molecule has 0 radical (unpaired) electrons. The highest BCUT2D eigenvalue weighted by molar-refractivity contribution is 6.10. The maximum Gasteiger partial charge on any atom is 0.137 e. The Bertz CT molecular complexity index is 3660. The summed E-state index contributed by atoms with van der Waals surface area (Å²) in [6, 6.07) is 74.8. The van der Waals surface area contributed by atoms with Gasteiger partial charge in [0.1, 0.15) is 17.3 Å². The van der Waals surface area contributed by atoms with Crippen LogP contribution >= 0.6 is 0 Å². The first-order valence-electron chi connectivity index (χ1n) is 26.4. The van der Waals surface area contributed by atoms with Gasteiger partial charge in [0.25, 0.3) is 0 Å². The van der Waals surface area contributed by atoms with Gasteiger partial charge in [0, 0.05) is 68.6 Å². The number of nitrogens with zero attached hydrogens (tertiary/aromatic N) is 4. The van der Waals surface area contributed by atoms with E-state index in [0.717, 1.165) is 56.2 Å². The first-order valence-corrected chi connectivity index (χ1v) is 26.4. The van der Waals surface area contributed by atoms with E-state index in [4.69, 9.17) is 9.72 Å². The van der Waals surface area contributed by atoms with Gasteiger partial charge in [0.2, 0.25) is 0 Å².